The molecule has 0 saturated carbocycles. The second-order valence-corrected chi connectivity index (χ2v) is 3.66. The lowest BCUT2D eigenvalue weighted by Crippen LogP contribution is -2.14. The van der Waals surface area contributed by atoms with E-state index in [4.69, 9.17) is 4.74 Å². The molecular formula is C12H10F3NO2. The predicted octanol–water partition coefficient (Wildman–Crippen LogP) is 2.95. The summed E-state index contributed by atoms with van der Waals surface area (Å²) in [7, 11) is 0. The predicted molar refractivity (Wildman–Crippen MR) is 60.7 cm³/mol. The van der Waals surface area contributed by atoms with Gasteiger partial charge in [0.05, 0.1) is 12.1 Å². The molecule has 3 nitrogen and oxygen atoms in total. The summed E-state index contributed by atoms with van der Waals surface area (Å²) in [6, 6.07) is 5.09. The minimum absolute atomic E-state index is 0.0687. The summed E-state index contributed by atoms with van der Waals surface area (Å²) in [5.41, 5.74) is -1.69. The highest BCUT2D eigenvalue weighted by Crippen LogP contribution is 2.29. The van der Waals surface area contributed by atoms with Crippen molar-refractivity contribution in [1.82, 2.24) is 4.98 Å². The summed E-state index contributed by atoms with van der Waals surface area (Å²) in [6.45, 7) is 2.02. The Balaban J connectivity index is 2.76. The molecule has 0 atom stereocenters. The number of hydrogen-bond acceptors (Lipinski definition) is 2. The number of fused-ring (bicyclic) bond motifs is 1. The van der Waals surface area contributed by atoms with Gasteiger partial charge in [-0.3, -0.25) is 4.79 Å². The highest BCUT2D eigenvalue weighted by atomic mass is 19.4. The first kappa shape index (κ1) is 12.5. The van der Waals surface area contributed by atoms with Crippen molar-refractivity contribution in [2.45, 2.75) is 13.1 Å². The van der Waals surface area contributed by atoms with Crippen LogP contribution < -0.4 is 10.2 Å². The van der Waals surface area contributed by atoms with Crippen molar-refractivity contribution in [3.05, 3.63) is 40.2 Å². The molecule has 1 aromatic carbocycles. The van der Waals surface area contributed by atoms with Crippen LogP contribution in [0.4, 0.5) is 13.2 Å². The summed E-state index contributed by atoms with van der Waals surface area (Å²) in [6.07, 6.45) is -4.59. The highest BCUT2D eigenvalue weighted by Gasteiger charge is 2.32. The van der Waals surface area contributed by atoms with Gasteiger partial charge >= 0.3 is 6.18 Å². The monoisotopic (exact) mass is 257 g/mol. The number of pyridine rings is 1. The number of ether oxygens (including phenoxy) is 1. The average molecular weight is 257 g/mol. The van der Waals surface area contributed by atoms with Gasteiger partial charge in [-0.2, -0.15) is 13.2 Å². The lowest BCUT2D eigenvalue weighted by atomic mass is 10.1. The largest absolute Gasteiger partial charge is 0.492 e. The standard InChI is InChI=1S/C12H10F3NO2/c1-2-18-9-5-3-4-7-8(17)6-10(12(13,14)15)16-11(7)9/h3-6H,2H2,1H3,(H,16,17). The van der Waals surface area contributed by atoms with Crippen LogP contribution in [0.3, 0.4) is 0 Å². The van der Waals surface area contributed by atoms with Crippen LogP contribution in [-0.4, -0.2) is 11.6 Å². The zero-order valence-corrected chi connectivity index (χ0v) is 9.47. The zero-order valence-electron chi connectivity index (χ0n) is 9.47. The summed E-state index contributed by atoms with van der Waals surface area (Å²) in [5, 5.41) is 0.175. The third kappa shape index (κ3) is 2.18. The lowest BCUT2D eigenvalue weighted by molar-refractivity contribution is -0.141. The number of hydrogen-bond donors (Lipinski definition) is 1. The van der Waals surface area contributed by atoms with Crippen LogP contribution in [-0.2, 0) is 6.18 Å². The number of nitrogens with one attached hydrogen (secondary N) is 1. The van der Waals surface area contributed by atoms with Gasteiger partial charge < -0.3 is 9.72 Å². The minimum Gasteiger partial charge on any atom is -0.492 e. The molecule has 2 rings (SSSR count). The van der Waals surface area contributed by atoms with E-state index in [9.17, 15) is 18.0 Å². The van der Waals surface area contributed by atoms with E-state index in [1.165, 1.54) is 12.1 Å². The van der Waals surface area contributed by atoms with Crippen molar-refractivity contribution in [3.8, 4) is 5.75 Å². The fourth-order valence-corrected chi connectivity index (χ4v) is 1.67. The molecule has 0 fully saturated rings. The molecule has 1 aromatic heterocycles. The number of benzene rings is 1. The molecule has 0 bridgehead atoms. The number of para-hydroxylation sites is 1. The topological polar surface area (TPSA) is 42.1 Å². The number of aromatic amines is 1. The molecule has 1 N–H and O–H groups in total. The Morgan fingerprint density at radius 2 is 2.06 bits per heavy atom. The number of rotatable bonds is 2. The van der Waals surface area contributed by atoms with Crippen LogP contribution in [0.15, 0.2) is 29.1 Å². The van der Waals surface area contributed by atoms with Crippen LogP contribution in [0, 0.1) is 0 Å². The van der Waals surface area contributed by atoms with E-state index in [1.807, 2.05) is 0 Å². The van der Waals surface area contributed by atoms with Gasteiger partial charge in [-0.15, -0.1) is 0 Å². The van der Waals surface area contributed by atoms with Gasteiger partial charge in [0.15, 0.2) is 5.43 Å². The summed E-state index contributed by atoms with van der Waals surface area (Å²) < 4.78 is 43.0. The summed E-state index contributed by atoms with van der Waals surface area (Å²) >= 11 is 0. The maximum Gasteiger partial charge on any atom is 0.431 e. The van der Waals surface area contributed by atoms with Gasteiger partial charge in [0, 0.05) is 11.5 Å². The van der Waals surface area contributed by atoms with Crippen LogP contribution >= 0.6 is 0 Å². The van der Waals surface area contributed by atoms with E-state index in [0.717, 1.165) is 0 Å². The summed E-state index contributed by atoms with van der Waals surface area (Å²) in [5.74, 6) is 0.234. The molecule has 0 radical (unpaired) electrons. The second-order valence-electron chi connectivity index (χ2n) is 3.66. The van der Waals surface area contributed by atoms with Crippen LogP contribution in [0.25, 0.3) is 10.9 Å². The molecule has 2 aromatic rings. The molecule has 0 unspecified atom stereocenters. The van der Waals surface area contributed by atoms with Crippen LogP contribution in [0.5, 0.6) is 5.75 Å². The fourth-order valence-electron chi connectivity index (χ4n) is 1.67. The molecule has 0 aliphatic carbocycles. The quantitative estimate of drug-likeness (QED) is 0.898. The first-order valence-electron chi connectivity index (χ1n) is 5.29. The Morgan fingerprint density at radius 3 is 2.67 bits per heavy atom. The number of aromatic nitrogens is 1. The molecule has 1 heterocycles. The first-order valence-corrected chi connectivity index (χ1v) is 5.29. The number of H-pyrrole nitrogens is 1. The molecule has 0 aliphatic rings. The van der Waals surface area contributed by atoms with E-state index in [-0.39, 0.29) is 16.7 Å². The van der Waals surface area contributed by atoms with Crippen molar-refractivity contribution < 1.29 is 17.9 Å². The second kappa shape index (κ2) is 4.36. The average Bonchev–Trinajstić information content (AvgIpc) is 2.29. The first-order chi connectivity index (χ1) is 8.43. The van der Waals surface area contributed by atoms with Crippen LogP contribution in [0.1, 0.15) is 12.6 Å². The van der Waals surface area contributed by atoms with Crippen molar-refractivity contribution in [3.63, 3.8) is 0 Å². The van der Waals surface area contributed by atoms with Gasteiger partial charge in [0.1, 0.15) is 11.4 Å². The van der Waals surface area contributed by atoms with E-state index in [1.54, 1.807) is 13.0 Å². The highest BCUT2D eigenvalue weighted by molar-refractivity contribution is 5.84. The van der Waals surface area contributed by atoms with Crippen molar-refractivity contribution >= 4 is 10.9 Å². The van der Waals surface area contributed by atoms with Gasteiger partial charge in [0.25, 0.3) is 0 Å². The van der Waals surface area contributed by atoms with Gasteiger partial charge in [-0.05, 0) is 19.1 Å². The van der Waals surface area contributed by atoms with Gasteiger partial charge in [0.2, 0.25) is 0 Å². The van der Waals surface area contributed by atoms with E-state index in [0.29, 0.717) is 12.7 Å². The van der Waals surface area contributed by atoms with Gasteiger partial charge in [-0.25, -0.2) is 0 Å². The Morgan fingerprint density at radius 1 is 1.33 bits per heavy atom. The Hall–Kier alpha value is -1.98. The van der Waals surface area contributed by atoms with E-state index in [2.05, 4.69) is 4.98 Å². The fraction of sp³-hybridized carbons (Fsp3) is 0.250. The number of alkyl halides is 3. The third-order valence-electron chi connectivity index (χ3n) is 2.43. The molecule has 18 heavy (non-hydrogen) atoms. The van der Waals surface area contributed by atoms with Crippen molar-refractivity contribution in [2.24, 2.45) is 0 Å². The molecule has 0 amide bonds. The molecule has 0 aliphatic heterocycles. The smallest absolute Gasteiger partial charge is 0.431 e. The Bertz CT molecular complexity index is 631. The van der Waals surface area contributed by atoms with Gasteiger partial charge in [-0.1, -0.05) is 6.07 Å². The van der Waals surface area contributed by atoms with E-state index >= 15 is 0 Å². The maximum absolute atomic E-state index is 12.6. The molecular weight excluding hydrogens is 247 g/mol. The minimum atomic E-state index is -4.59. The number of halogens is 3. The van der Waals surface area contributed by atoms with Crippen LogP contribution in [0.2, 0.25) is 0 Å². The maximum atomic E-state index is 12.6. The molecule has 0 spiro atoms. The lowest BCUT2D eigenvalue weighted by Gasteiger charge is -2.11. The SMILES string of the molecule is CCOc1cccc2c(=O)cc(C(F)(F)F)[nH]c12. The normalized spacial score (nSPS) is 11.8. The third-order valence-corrected chi connectivity index (χ3v) is 2.43. The molecule has 96 valence electrons. The Kier molecular flexibility index (Phi) is 3.02. The summed E-state index contributed by atoms with van der Waals surface area (Å²) in [4.78, 5) is 13.8. The van der Waals surface area contributed by atoms with Crippen molar-refractivity contribution in [2.75, 3.05) is 6.61 Å². The van der Waals surface area contributed by atoms with E-state index < -0.39 is 17.3 Å². The molecule has 0 saturated heterocycles. The molecule has 6 heteroatoms. The van der Waals surface area contributed by atoms with Crippen molar-refractivity contribution in [1.29, 1.82) is 0 Å². The zero-order chi connectivity index (χ0) is 13.3. The Labute approximate surface area is 100 Å².